The third-order valence-electron chi connectivity index (χ3n) is 2.95. The van der Waals surface area contributed by atoms with Crippen molar-refractivity contribution in [1.29, 1.82) is 0 Å². The minimum Gasteiger partial charge on any atom is -0.506 e. The monoisotopic (exact) mass is 331 g/mol. The van der Waals surface area contributed by atoms with Gasteiger partial charge in [-0.3, -0.25) is 4.79 Å². The highest BCUT2D eigenvalue weighted by molar-refractivity contribution is 7.09. The third kappa shape index (κ3) is 3.46. The molecule has 9 heteroatoms. The van der Waals surface area contributed by atoms with Crippen molar-refractivity contribution in [2.75, 3.05) is 0 Å². The van der Waals surface area contributed by atoms with Crippen molar-refractivity contribution in [2.24, 2.45) is 0 Å². The number of benzene rings is 1. The Balaban J connectivity index is 1.76. The van der Waals surface area contributed by atoms with Gasteiger partial charge in [-0.05, 0) is 16.8 Å². The zero-order chi connectivity index (χ0) is 16.2. The van der Waals surface area contributed by atoms with Crippen LogP contribution in [0.3, 0.4) is 0 Å². The molecule has 1 aromatic carbocycles. The molecule has 0 bridgehead atoms. The Kier molecular flexibility index (Phi) is 4.20. The van der Waals surface area contributed by atoms with E-state index in [4.69, 9.17) is 0 Å². The number of H-pyrrole nitrogens is 1. The number of thiazole rings is 1. The van der Waals surface area contributed by atoms with Crippen LogP contribution in [-0.2, 0) is 6.42 Å². The first-order valence-electron chi connectivity index (χ1n) is 6.50. The van der Waals surface area contributed by atoms with Gasteiger partial charge in [0.05, 0.1) is 5.01 Å². The van der Waals surface area contributed by atoms with Gasteiger partial charge in [-0.15, -0.1) is 21.5 Å². The lowest BCUT2D eigenvalue weighted by molar-refractivity contribution is 0.103. The summed E-state index contributed by atoms with van der Waals surface area (Å²) in [5.41, 5.74) is 0.748. The Labute approximate surface area is 133 Å². The number of hydrogen-bond acceptors (Lipinski definition) is 7. The molecule has 23 heavy (non-hydrogen) atoms. The Morgan fingerprint density at radius 3 is 2.96 bits per heavy atom. The lowest BCUT2D eigenvalue weighted by Gasteiger charge is -1.99. The molecule has 0 spiro atoms. The zero-order valence-electron chi connectivity index (χ0n) is 11.6. The van der Waals surface area contributed by atoms with E-state index in [2.05, 4.69) is 25.6 Å². The molecule has 2 heterocycles. The number of tetrazole rings is 1. The summed E-state index contributed by atoms with van der Waals surface area (Å²) in [6.45, 7) is 0. The largest absolute Gasteiger partial charge is 0.506 e. The number of halogens is 1. The van der Waals surface area contributed by atoms with Crippen LogP contribution in [0.25, 0.3) is 5.76 Å². The van der Waals surface area contributed by atoms with Crippen molar-refractivity contribution < 1.29 is 14.3 Å². The standard InChI is InChI=1S/C14H10FN5O2S/c15-9-4-2-1-3-8(9)5-13-16-10(7-23-13)11(21)6-12(22)14-17-19-20-18-14/h1-4,6-7,21H,5H2,(H,17,18,19,20). The molecular formula is C14H10FN5O2S. The number of nitrogens with zero attached hydrogens (tertiary/aromatic N) is 4. The predicted octanol–water partition coefficient (Wildman–Crippen LogP) is 2.17. The van der Waals surface area contributed by atoms with Gasteiger partial charge in [0.15, 0.2) is 0 Å². The lowest BCUT2D eigenvalue weighted by Crippen LogP contribution is -2.00. The molecule has 3 aromatic rings. The number of carbonyl (C=O) groups is 1. The van der Waals surface area contributed by atoms with Crippen LogP contribution in [0.2, 0.25) is 0 Å². The van der Waals surface area contributed by atoms with E-state index < -0.39 is 5.78 Å². The molecule has 0 aliphatic rings. The molecule has 116 valence electrons. The van der Waals surface area contributed by atoms with E-state index in [9.17, 15) is 14.3 Å². The topological polar surface area (TPSA) is 105 Å². The molecule has 2 aromatic heterocycles. The van der Waals surface area contributed by atoms with Crippen molar-refractivity contribution in [3.8, 4) is 0 Å². The Morgan fingerprint density at radius 1 is 1.39 bits per heavy atom. The van der Waals surface area contributed by atoms with Crippen molar-refractivity contribution >= 4 is 22.9 Å². The third-order valence-corrected chi connectivity index (χ3v) is 3.80. The normalized spacial score (nSPS) is 11.6. The molecule has 7 nitrogen and oxygen atoms in total. The minimum absolute atomic E-state index is 0.154. The van der Waals surface area contributed by atoms with Crippen molar-refractivity contribution in [3.63, 3.8) is 0 Å². The van der Waals surface area contributed by atoms with E-state index in [0.717, 1.165) is 6.08 Å². The number of carbonyl (C=O) groups excluding carboxylic acids is 1. The highest BCUT2D eigenvalue weighted by Gasteiger charge is 2.13. The van der Waals surface area contributed by atoms with E-state index in [1.165, 1.54) is 17.4 Å². The molecular weight excluding hydrogens is 321 g/mol. The molecule has 0 aliphatic carbocycles. The van der Waals surface area contributed by atoms with Crippen LogP contribution in [0, 0.1) is 5.82 Å². The number of aliphatic hydroxyl groups excluding tert-OH is 1. The van der Waals surface area contributed by atoms with Gasteiger partial charge < -0.3 is 5.11 Å². The van der Waals surface area contributed by atoms with E-state index in [0.29, 0.717) is 17.0 Å². The summed E-state index contributed by atoms with van der Waals surface area (Å²) in [6.07, 6.45) is 1.27. The fourth-order valence-corrected chi connectivity index (χ4v) is 2.65. The molecule has 0 radical (unpaired) electrons. The average Bonchev–Trinajstić information content (AvgIpc) is 3.21. The fraction of sp³-hybridized carbons (Fsp3) is 0.0714. The van der Waals surface area contributed by atoms with Gasteiger partial charge in [0.2, 0.25) is 11.6 Å². The molecule has 0 atom stereocenters. The van der Waals surface area contributed by atoms with E-state index in [1.807, 2.05) is 0 Å². The molecule has 0 saturated carbocycles. The summed E-state index contributed by atoms with van der Waals surface area (Å²) in [5, 5.41) is 24.6. The van der Waals surface area contributed by atoms with Gasteiger partial charge in [-0.2, -0.15) is 5.21 Å². The van der Waals surface area contributed by atoms with Crippen molar-refractivity contribution in [1.82, 2.24) is 25.6 Å². The molecule has 0 amide bonds. The van der Waals surface area contributed by atoms with E-state index >= 15 is 0 Å². The highest BCUT2D eigenvalue weighted by atomic mass is 32.1. The summed E-state index contributed by atoms with van der Waals surface area (Å²) in [4.78, 5) is 15.9. The summed E-state index contributed by atoms with van der Waals surface area (Å²) >= 11 is 1.27. The SMILES string of the molecule is O=C(C=C(O)c1csc(Cc2ccccc2F)n1)c1nn[nH]n1. The second-order valence-corrected chi connectivity index (χ2v) is 5.47. The van der Waals surface area contributed by atoms with Gasteiger partial charge in [-0.25, -0.2) is 9.37 Å². The first-order valence-corrected chi connectivity index (χ1v) is 7.38. The maximum atomic E-state index is 13.6. The highest BCUT2D eigenvalue weighted by Crippen LogP contribution is 2.20. The summed E-state index contributed by atoms with van der Waals surface area (Å²) in [5.74, 6) is -1.37. The van der Waals surface area contributed by atoms with Crippen LogP contribution in [0.4, 0.5) is 4.39 Å². The summed E-state index contributed by atoms with van der Waals surface area (Å²) in [6, 6.07) is 6.41. The van der Waals surface area contributed by atoms with Crippen LogP contribution in [-0.4, -0.2) is 36.5 Å². The van der Waals surface area contributed by atoms with Gasteiger partial charge >= 0.3 is 0 Å². The van der Waals surface area contributed by atoms with Crippen LogP contribution < -0.4 is 0 Å². The van der Waals surface area contributed by atoms with Crippen LogP contribution >= 0.6 is 11.3 Å². The predicted molar refractivity (Wildman–Crippen MR) is 80.4 cm³/mol. The molecule has 0 aliphatic heterocycles. The van der Waals surface area contributed by atoms with Gasteiger partial charge in [0.25, 0.3) is 0 Å². The van der Waals surface area contributed by atoms with Gasteiger partial charge in [0, 0.05) is 17.9 Å². The first-order chi connectivity index (χ1) is 11.1. The fourth-order valence-electron chi connectivity index (χ4n) is 1.84. The quantitative estimate of drug-likeness (QED) is 0.422. The smallest absolute Gasteiger partial charge is 0.244 e. The maximum absolute atomic E-state index is 13.6. The molecule has 0 fully saturated rings. The number of aromatic amines is 1. The van der Waals surface area contributed by atoms with Crippen molar-refractivity contribution in [3.05, 3.63) is 63.6 Å². The Bertz CT molecular complexity index is 860. The van der Waals surface area contributed by atoms with Crippen LogP contribution in [0.1, 0.15) is 26.9 Å². The summed E-state index contributed by atoms with van der Waals surface area (Å²) in [7, 11) is 0. The number of aromatic nitrogens is 5. The molecule has 0 saturated heterocycles. The van der Waals surface area contributed by atoms with Gasteiger partial charge in [-0.1, -0.05) is 18.2 Å². The number of ketones is 1. The zero-order valence-corrected chi connectivity index (χ0v) is 12.4. The second kappa shape index (κ2) is 6.44. The number of nitrogens with one attached hydrogen (secondary N) is 1. The maximum Gasteiger partial charge on any atom is 0.244 e. The minimum atomic E-state index is -0.597. The average molecular weight is 331 g/mol. The molecule has 2 N–H and O–H groups in total. The van der Waals surface area contributed by atoms with Crippen LogP contribution in [0.5, 0.6) is 0 Å². The van der Waals surface area contributed by atoms with Gasteiger partial charge in [0.1, 0.15) is 17.3 Å². The molecule has 0 unspecified atom stereocenters. The van der Waals surface area contributed by atoms with E-state index in [1.54, 1.807) is 23.6 Å². The first kappa shape index (κ1) is 15.0. The summed E-state index contributed by atoms with van der Waals surface area (Å²) < 4.78 is 13.6. The van der Waals surface area contributed by atoms with Crippen molar-refractivity contribution in [2.45, 2.75) is 6.42 Å². The number of rotatable bonds is 5. The number of allylic oxidation sites excluding steroid dienone is 1. The second-order valence-electron chi connectivity index (χ2n) is 4.52. The molecule has 3 rings (SSSR count). The Hall–Kier alpha value is -2.94. The van der Waals surface area contributed by atoms with E-state index in [-0.39, 0.29) is 23.1 Å². The Morgan fingerprint density at radius 2 is 2.22 bits per heavy atom. The number of hydrogen-bond donors (Lipinski definition) is 2. The number of aliphatic hydroxyl groups is 1. The lowest BCUT2D eigenvalue weighted by atomic mass is 10.1. The van der Waals surface area contributed by atoms with Crippen LogP contribution in [0.15, 0.2) is 35.7 Å².